The number of hydrogen-bond acceptors (Lipinski definition) is 4. The number of hydrogen-bond donors (Lipinski definition) is 0. The number of ether oxygens (including phenoxy) is 1. The molecule has 0 unspecified atom stereocenters. The standard InChI is InChI=1S/C12H12N2O3/c1-17-12-4-2-3-11(9-12)13-7-5-10(6-8-13)14(15)16/h2-7,9H,8H2,1H3. The van der Waals surface area contributed by atoms with Crippen molar-refractivity contribution >= 4 is 5.69 Å². The summed E-state index contributed by atoms with van der Waals surface area (Å²) in [5, 5.41) is 10.5. The predicted octanol–water partition coefficient (Wildman–Crippen LogP) is 2.19. The molecule has 5 heteroatoms. The second kappa shape index (κ2) is 4.69. The molecule has 1 aliphatic rings. The molecule has 0 N–H and O–H groups in total. The molecule has 0 saturated heterocycles. The molecule has 0 spiro atoms. The molecule has 0 aliphatic carbocycles. The Morgan fingerprint density at radius 3 is 2.88 bits per heavy atom. The second-order valence-corrected chi connectivity index (χ2v) is 3.56. The maximum atomic E-state index is 10.5. The summed E-state index contributed by atoms with van der Waals surface area (Å²) in [5.41, 5.74) is 1.07. The van der Waals surface area contributed by atoms with Gasteiger partial charge in [-0.1, -0.05) is 6.07 Å². The van der Waals surface area contributed by atoms with Crippen LogP contribution in [0, 0.1) is 10.1 Å². The summed E-state index contributed by atoms with van der Waals surface area (Å²) < 4.78 is 5.13. The predicted molar refractivity (Wildman–Crippen MR) is 64.6 cm³/mol. The molecule has 0 radical (unpaired) electrons. The fourth-order valence-corrected chi connectivity index (χ4v) is 1.60. The number of nitro groups is 1. The maximum absolute atomic E-state index is 10.5. The Morgan fingerprint density at radius 2 is 2.29 bits per heavy atom. The van der Waals surface area contributed by atoms with Gasteiger partial charge in [-0.3, -0.25) is 10.1 Å². The first-order chi connectivity index (χ1) is 8.20. The number of anilines is 1. The molecule has 0 aromatic heterocycles. The molecule has 0 atom stereocenters. The van der Waals surface area contributed by atoms with Crippen molar-refractivity contribution < 1.29 is 9.66 Å². The van der Waals surface area contributed by atoms with E-state index >= 15 is 0 Å². The molecule has 0 fully saturated rings. The van der Waals surface area contributed by atoms with E-state index in [1.54, 1.807) is 19.4 Å². The van der Waals surface area contributed by atoms with Gasteiger partial charge in [0.05, 0.1) is 12.0 Å². The summed E-state index contributed by atoms with van der Waals surface area (Å²) in [6.45, 7) is 0.486. The van der Waals surface area contributed by atoms with Crippen molar-refractivity contribution in [1.29, 1.82) is 0 Å². The first kappa shape index (κ1) is 11.2. The lowest BCUT2D eigenvalue weighted by molar-refractivity contribution is -0.419. The summed E-state index contributed by atoms with van der Waals surface area (Å²) in [4.78, 5) is 12.1. The normalized spacial score (nSPS) is 14.4. The Bertz CT molecular complexity index is 494. The Balaban J connectivity index is 2.16. The van der Waals surface area contributed by atoms with Crippen molar-refractivity contribution in [2.45, 2.75) is 0 Å². The van der Waals surface area contributed by atoms with E-state index < -0.39 is 0 Å². The molecule has 1 aromatic carbocycles. The van der Waals surface area contributed by atoms with Gasteiger partial charge in [0.1, 0.15) is 5.75 Å². The Kier molecular flexibility index (Phi) is 3.09. The lowest BCUT2D eigenvalue weighted by atomic mass is 10.2. The van der Waals surface area contributed by atoms with Crippen LogP contribution >= 0.6 is 0 Å². The van der Waals surface area contributed by atoms with Crippen LogP contribution in [0.4, 0.5) is 5.69 Å². The number of rotatable bonds is 3. The number of methoxy groups -OCH3 is 1. The van der Waals surface area contributed by atoms with Gasteiger partial charge in [0.15, 0.2) is 0 Å². The smallest absolute Gasteiger partial charge is 0.268 e. The van der Waals surface area contributed by atoms with Crippen molar-refractivity contribution in [2.24, 2.45) is 0 Å². The van der Waals surface area contributed by atoms with Gasteiger partial charge in [-0.15, -0.1) is 0 Å². The van der Waals surface area contributed by atoms with Gasteiger partial charge < -0.3 is 9.64 Å². The molecular weight excluding hydrogens is 220 g/mol. The minimum Gasteiger partial charge on any atom is -0.497 e. The van der Waals surface area contributed by atoms with Crippen LogP contribution in [0.25, 0.3) is 0 Å². The summed E-state index contributed by atoms with van der Waals surface area (Å²) in [6.07, 6.45) is 4.77. The highest BCUT2D eigenvalue weighted by Crippen LogP contribution is 2.23. The van der Waals surface area contributed by atoms with Crippen LogP contribution in [0.15, 0.2) is 48.3 Å². The molecule has 88 valence electrons. The molecular formula is C12H12N2O3. The zero-order valence-corrected chi connectivity index (χ0v) is 9.37. The summed E-state index contributed by atoms with van der Waals surface area (Å²) in [6, 6.07) is 7.55. The van der Waals surface area contributed by atoms with Crippen LogP contribution in [-0.2, 0) is 0 Å². The fraction of sp³-hybridized carbons (Fsp3) is 0.167. The fourth-order valence-electron chi connectivity index (χ4n) is 1.60. The van der Waals surface area contributed by atoms with Gasteiger partial charge in [-0.25, -0.2) is 0 Å². The van der Waals surface area contributed by atoms with Crippen molar-refractivity contribution in [3.05, 3.63) is 58.4 Å². The van der Waals surface area contributed by atoms with E-state index in [9.17, 15) is 10.1 Å². The zero-order chi connectivity index (χ0) is 12.3. The van der Waals surface area contributed by atoms with Gasteiger partial charge in [0.25, 0.3) is 5.70 Å². The van der Waals surface area contributed by atoms with E-state index in [0.717, 1.165) is 11.4 Å². The van der Waals surface area contributed by atoms with E-state index in [2.05, 4.69) is 0 Å². The molecule has 1 heterocycles. The molecule has 2 rings (SSSR count). The Morgan fingerprint density at radius 1 is 1.47 bits per heavy atom. The minimum atomic E-state index is -0.389. The van der Waals surface area contributed by atoms with E-state index in [-0.39, 0.29) is 10.6 Å². The number of benzene rings is 1. The largest absolute Gasteiger partial charge is 0.497 e. The molecule has 0 amide bonds. The lowest BCUT2D eigenvalue weighted by Crippen LogP contribution is -2.20. The lowest BCUT2D eigenvalue weighted by Gasteiger charge is -2.21. The monoisotopic (exact) mass is 232 g/mol. The van der Waals surface area contributed by atoms with Crippen molar-refractivity contribution in [1.82, 2.24) is 0 Å². The van der Waals surface area contributed by atoms with E-state index in [4.69, 9.17) is 4.74 Å². The molecule has 0 saturated carbocycles. The van der Waals surface area contributed by atoms with Crippen LogP contribution in [0.2, 0.25) is 0 Å². The van der Waals surface area contributed by atoms with Gasteiger partial charge in [0.2, 0.25) is 0 Å². The topological polar surface area (TPSA) is 55.6 Å². The van der Waals surface area contributed by atoms with E-state index in [1.807, 2.05) is 29.2 Å². The third kappa shape index (κ3) is 2.44. The molecule has 1 aliphatic heterocycles. The van der Waals surface area contributed by atoms with Gasteiger partial charge in [0, 0.05) is 36.7 Å². The van der Waals surface area contributed by atoms with E-state index in [1.165, 1.54) is 6.08 Å². The highest BCUT2D eigenvalue weighted by molar-refractivity contribution is 5.54. The first-order valence-corrected chi connectivity index (χ1v) is 5.14. The van der Waals surface area contributed by atoms with Gasteiger partial charge >= 0.3 is 0 Å². The third-order valence-electron chi connectivity index (χ3n) is 2.52. The van der Waals surface area contributed by atoms with Crippen LogP contribution in [0.1, 0.15) is 0 Å². The van der Waals surface area contributed by atoms with Gasteiger partial charge in [-0.2, -0.15) is 0 Å². The molecule has 0 bridgehead atoms. The quantitative estimate of drug-likeness (QED) is 0.592. The Labute approximate surface area is 98.8 Å². The SMILES string of the molecule is COc1cccc(N2C=CC([N+](=O)[O-])=CC2)c1. The molecule has 1 aromatic rings. The van der Waals surface area contributed by atoms with Crippen molar-refractivity contribution in [3.8, 4) is 5.75 Å². The summed E-state index contributed by atoms with van der Waals surface area (Å²) >= 11 is 0. The van der Waals surface area contributed by atoms with Crippen molar-refractivity contribution in [2.75, 3.05) is 18.6 Å². The van der Waals surface area contributed by atoms with Crippen LogP contribution in [0.3, 0.4) is 0 Å². The average molecular weight is 232 g/mol. The maximum Gasteiger partial charge on any atom is 0.268 e. The van der Waals surface area contributed by atoms with Gasteiger partial charge in [-0.05, 0) is 12.1 Å². The highest BCUT2D eigenvalue weighted by atomic mass is 16.6. The molecule has 5 nitrogen and oxygen atoms in total. The van der Waals surface area contributed by atoms with Crippen molar-refractivity contribution in [3.63, 3.8) is 0 Å². The summed E-state index contributed by atoms with van der Waals surface area (Å²) in [5.74, 6) is 0.764. The highest BCUT2D eigenvalue weighted by Gasteiger charge is 2.13. The Hall–Kier alpha value is -2.30. The zero-order valence-electron chi connectivity index (χ0n) is 9.37. The van der Waals surface area contributed by atoms with E-state index in [0.29, 0.717) is 6.54 Å². The second-order valence-electron chi connectivity index (χ2n) is 3.56. The first-order valence-electron chi connectivity index (χ1n) is 5.14. The van der Waals surface area contributed by atoms with Crippen LogP contribution in [0.5, 0.6) is 5.75 Å². The molecule has 17 heavy (non-hydrogen) atoms. The average Bonchev–Trinajstić information content (AvgIpc) is 2.39. The summed E-state index contributed by atoms with van der Waals surface area (Å²) in [7, 11) is 1.61. The third-order valence-corrected chi connectivity index (χ3v) is 2.52. The van der Waals surface area contributed by atoms with Crippen LogP contribution in [-0.4, -0.2) is 18.6 Å². The van der Waals surface area contributed by atoms with Crippen LogP contribution < -0.4 is 9.64 Å². The number of allylic oxidation sites excluding steroid dienone is 1. The minimum absolute atomic E-state index is 0.129. The number of nitrogens with zero attached hydrogens (tertiary/aromatic N) is 2.